The van der Waals surface area contributed by atoms with Crippen molar-refractivity contribution >= 4 is 22.7 Å². The monoisotopic (exact) mass is 412 g/mol. The van der Waals surface area contributed by atoms with Crippen molar-refractivity contribution in [3.05, 3.63) is 35.9 Å². The molecule has 0 aromatic heterocycles. The van der Waals surface area contributed by atoms with Crippen LogP contribution >= 0.6 is 0 Å². The Labute approximate surface area is 177 Å². The Morgan fingerprint density at radius 3 is 0.800 bits per heavy atom. The maximum Gasteiger partial charge on any atom is 0.162 e. The smallest absolute Gasteiger partial charge is 0.162 e. The summed E-state index contributed by atoms with van der Waals surface area (Å²) in [5.74, 6) is 4.89. The van der Waals surface area contributed by atoms with Crippen molar-refractivity contribution in [2.45, 2.75) is 0 Å². The van der Waals surface area contributed by atoms with Crippen LogP contribution in [0.3, 0.4) is 0 Å². The third kappa shape index (κ3) is 2.59. The molecule has 8 heteroatoms. The summed E-state index contributed by atoms with van der Waals surface area (Å²) >= 11 is 0. The second kappa shape index (κ2) is 7.12. The summed E-state index contributed by atoms with van der Waals surface area (Å²) in [7, 11) is 14.8. The summed E-state index contributed by atoms with van der Waals surface area (Å²) in [6, 6.07) is 8.03. The highest BCUT2D eigenvalue weighted by Crippen LogP contribution is 2.51. The van der Waals surface area contributed by atoms with Crippen molar-refractivity contribution in [3.63, 3.8) is 0 Å². The molecule has 2 aliphatic heterocycles. The van der Waals surface area contributed by atoms with E-state index >= 15 is 0 Å². The molecule has 0 bridgehead atoms. The zero-order chi connectivity index (χ0) is 21.7. The Morgan fingerprint density at radius 2 is 0.633 bits per heavy atom. The molecule has 0 radical (unpaired) electrons. The van der Waals surface area contributed by atoms with Gasteiger partial charge in [-0.2, -0.15) is 0 Å². The minimum atomic E-state index is 0.702. The molecule has 2 aromatic rings. The molecule has 0 saturated heterocycles. The van der Waals surface area contributed by atoms with Gasteiger partial charge in [-0.15, -0.1) is 0 Å². The molecule has 0 aliphatic carbocycles. The van der Waals surface area contributed by atoms with Gasteiger partial charge in [-0.3, -0.25) is 0 Å². The highest BCUT2D eigenvalue weighted by atomic mass is 16.5. The fraction of sp³-hybridized carbons (Fsp3) is 0.364. The van der Waals surface area contributed by atoms with Gasteiger partial charge in [0.2, 0.25) is 0 Å². The molecule has 0 spiro atoms. The second-order valence-corrected chi connectivity index (χ2v) is 7.28. The van der Waals surface area contributed by atoms with Gasteiger partial charge >= 0.3 is 0 Å². The van der Waals surface area contributed by atoms with Crippen molar-refractivity contribution in [1.29, 1.82) is 0 Å². The van der Waals surface area contributed by atoms with E-state index in [1.54, 1.807) is 28.4 Å². The van der Waals surface area contributed by atoms with Crippen molar-refractivity contribution in [2.75, 3.05) is 76.2 Å². The van der Waals surface area contributed by atoms with E-state index in [0.717, 1.165) is 34.4 Å². The Bertz CT molecular complexity index is 877. The highest BCUT2D eigenvalue weighted by molar-refractivity contribution is 5.90. The third-order valence-electron chi connectivity index (χ3n) is 5.88. The van der Waals surface area contributed by atoms with Crippen LogP contribution in [0.25, 0.3) is 0 Å². The topological polar surface area (TPSA) is 49.9 Å². The van der Waals surface area contributed by atoms with Crippen LogP contribution in [0.2, 0.25) is 0 Å². The molecule has 160 valence electrons. The van der Waals surface area contributed by atoms with Crippen LogP contribution in [0.4, 0.5) is 22.7 Å². The summed E-state index contributed by atoms with van der Waals surface area (Å²) in [4.78, 5) is 8.67. The van der Waals surface area contributed by atoms with Gasteiger partial charge in [-0.05, 0) is 0 Å². The number of ether oxygens (including phenoxy) is 4. The first-order chi connectivity index (χ1) is 14.4. The second-order valence-electron chi connectivity index (χ2n) is 7.28. The van der Waals surface area contributed by atoms with Crippen LogP contribution < -0.4 is 38.5 Å². The van der Waals surface area contributed by atoms with Gasteiger partial charge in [0.25, 0.3) is 0 Å². The van der Waals surface area contributed by atoms with Crippen LogP contribution in [0.15, 0.2) is 35.9 Å². The molecule has 2 heterocycles. The summed E-state index contributed by atoms with van der Waals surface area (Å²) in [6.07, 6.45) is 0. The molecular formula is C22H28N4O4. The normalized spacial score (nSPS) is 14.9. The molecule has 8 nitrogen and oxygen atoms in total. The zero-order valence-corrected chi connectivity index (χ0v) is 18.7. The molecule has 30 heavy (non-hydrogen) atoms. The van der Waals surface area contributed by atoms with Gasteiger partial charge in [-0.1, -0.05) is 0 Å². The van der Waals surface area contributed by atoms with Gasteiger partial charge < -0.3 is 38.5 Å². The summed E-state index contributed by atoms with van der Waals surface area (Å²) in [5.41, 5.74) is 4.19. The fourth-order valence-corrected chi connectivity index (χ4v) is 4.30. The van der Waals surface area contributed by atoms with E-state index in [1.807, 2.05) is 24.3 Å². The predicted octanol–water partition coefficient (Wildman–Crippen LogP) is 3.32. The largest absolute Gasteiger partial charge is 0.493 e. The number of anilines is 4. The van der Waals surface area contributed by atoms with Crippen molar-refractivity contribution in [3.8, 4) is 23.0 Å². The third-order valence-corrected chi connectivity index (χ3v) is 5.88. The zero-order valence-electron chi connectivity index (χ0n) is 18.7. The summed E-state index contributed by atoms with van der Waals surface area (Å²) in [6.45, 7) is 0. The van der Waals surface area contributed by atoms with E-state index < -0.39 is 0 Å². The first-order valence-corrected chi connectivity index (χ1v) is 9.59. The van der Waals surface area contributed by atoms with Crippen LogP contribution in [-0.2, 0) is 0 Å². The molecular weight excluding hydrogens is 384 g/mol. The minimum Gasteiger partial charge on any atom is -0.493 e. The van der Waals surface area contributed by atoms with Gasteiger partial charge in [0.05, 0.1) is 51.2 Å². The van der Waals surface area contributed by atoms with E-state index in [2.05, 4.69) is 47.8 Å². The lowest BCUT2D eigenvalue weighted by atomic mass is 10.2. The lowest BCUT2D eigenvalue weighted by Gasteiger charge is -2.27. The Hall–Kier alpha value is -3.42. The van der Waals surface area contributed by atoms with Crippen molar-refractivity contribution in [2.24, 2.45) is 0 Å². The Morgan fingerprint density at radius 1 is 0.433 bits per heavy atom. The summed E-state index contributed by atoms with van der Waals surface area (Å²) in [5, 5.41) is 0. The summed E-state index contributed by atoms with van der Waals surface area (Å²) < 4.78 is 22.1. The lowest BCUT2D eigenvalue weighted by molar-refractivity contribution is 0.355. The molecule has 4 rings (SSSR count). The van der Waals surface area contributed by atoms with Crippen LogP contribution in [0, 0.1) is 0 Å². The maximum absolute atomic E-state index is 5.51. The number of hydrogen-bond donors (Lipinski definition) is 0. The molecule has 0 amide bonds. The molecule has 2 aromatic carbocycles. The van der Waals surface area contributed by atoms with Crippen molar-refractivity contribution < 1.29 is 18.9 Å². The molecule has 0 atom stereocenters. The van der Waals surface area contributed by atoms with E-state index in [9.17, 15) is 0 Å². The predicted molar refractivity (Wildman–Crippen MR) is 120 cm³/mol. The SMILES string of the molecule is COc1cc2c(cc1OC)N(C)C(=C1N(C)c3cc(OC)c(OC)cc3N1C)N2C. The number of benzene rings is 2. The standard InChI is InChI=1S/C22H28N4O4/c1-23-13-9-17(27-5)18(28-6)10-14(13)24(2)21(23)22-25(3)15-11-19(29-7)20(30-8)12-16(15)26(22)4/h9-12H,1-8H3. The van der Waals surface area contributed by atoms with Crippen LogP contribution in [0.5, 0.6) is 23.0 Å². The van der Waals surface area contributed by atoms with Gasteiger partial charge in [0.15, 0.2) is 34.6 Å². The van der Waals surface area contributed by atoms with E-state index in [-0.39, 0.29) is 0 Å². The van der Waals surface area contributed by atoms with Gasteiger partial charge in [0.1, 0.15) is 0 Å². The molecule has 0 unspecified atom stereocenters. The van der Waals surface area contributed by atoms with E-state index in [1.165, 1.54) is 0 Å². The fourth-order valence-electron chi connectivity index (χ4n) is 4.30. The number of hydrogen-bond acceptors (Lipinski definition) is 8. The quantitative estimate of drug-likeness (QED) is 0.758. The van der Waals surface area contributed by atoms with Crippen LogP contribution in [-0.4, -0.2) is 56.6 Å². The van der Waals surface area contributed by atoms with Gasteiger partial charge in [-0.25, -0.2) is 0 Å². The number of rotatable bonds is 4. The van der Waals surface area contributed by atoms with Gasteiger partial charge in [0, 0.05) is 52.5 Å². The minimum absolute atomic E-state index is 0.702. The number of fused-ring (bicyclic) bond motifs is 2. The average Bonchev–Trinajstić information content (AvgIpc) is 3.14. The molecule has 0 fully saturated rings. The average molecular weight is 412 g/mol. The van der Waals surface area contributed by atoms with E-state index in [0.29, 0.717) is 23.0 Å². The number of methoxy groups -OCH3 is 4. The number of nitrogens with zero attached hydrogens (tertiary/aromatic N) is 4. The highest BCUT2D eigenvalue weighted by Gasteiger charge is 2.38. The molecule has 0 N–H and O–H groups in total. The van der Waals surface area contributed by atoms with E-state index in [4.69, 9.17) is 18.9 Å². The molecule has 2 aliphatic rings. The lowest BCUT2D eigenvalue weighted by Crippen LogP contribution is -2.34. The first kappa shape index (κ1) is 19.9. The van der Waals surface area contributed by atoms with Crippen LogP contribution in [0.1, 0.15) is 0 Å². The Balaban J connectivity index is 1.87. The van der Waals surface area contributed by atoms with Crippen molar-refractivity contribution in [1.82, 2.24) is 0 Å². The Kier molecular flexibility index (Phi) is 4.72. The molecule has 0 saturated carbocycles. The maximum atomic E-state index is 5.51. The first-order valence-electron chi connectivity index (χ1n) is 9.59.